The van der Waals surface area contributed by atoms with Crippen molar-refractivity contribution in [1.82, 2.24) is 28.7 Å². The molecule has 1 fully saturated rings. The smallest absolute Gasteiger partial charge is 0.355 e. The van der Waals surface area contributed by atoms with E-state index in [9.17, 15) is 9.18 Å². The molecule has 4 aromatic rings. The van der Waals surface area contributed by atoms with Crippen LogP contribution in [0.5, 0.6) is 0 Å². The number of hydrogen-bond acceptors (Lipinski definition) is 6. The van der Waals surface area contributed by atoms with E-state index in [0.29, 0.717) is 22.9 Å². The number of hydrogen-bond donors (Lipinski definition) is 0. The molecule has 0 spiro atoms. The average Bonchev–Trinajstić information content (AvgIpc) is 3.11. The predicted molar refractivity (Wildman–Crippen MR) is 117 cm³/mol. The van der Waals surface area contributed by atoms with Gasteiger partial charge in [0, 0.05) is 49.8 Å². The summed E-state index contributed by atoms with van der Waals surface area (Å²) in [4.78, 5) is 30.4. The minimum atomic E-state index is -0.481. The van der Waals surface area contributed by atoms with Crippen LogP contribution in [0, 0.1) is 19.7 Å². The molecule has 5 heterocycles. The number of aromatic nitrogens is 5. The summed E-state index contributed by atoms with van der Waals surface area (Å²) in [6.45, 7) is 8.66. The van der Waals surface area contributed by atoms with E-state index in [4.69, 9.17) is 0 Å². The van der Waals surface area contributed by atoms with Crippen LogP contribution in [0.25, 0.3) is 22.7 Å². The second kappa shape index (κ2) is 7.12. The molecule has 0 N–H and O–H groups in total. The summed E-state index contributed by atoms with van der Waals surface area (Å²) < 4.78 is 17.6. The molecule has 1 atom stereocenters. The fourth-order valence-electron chi connectivity index (χ4n) is 4.15. The molecule has 0 unspecified atom stereocenters. The van der Waals surface area contributed by atoms with Gasteiger partial charge in [0.2, 0.25) is 0 Å². The number of nitrogens with zero attached hydrogens (tertiary/aromatic N) is 7. The summed E-state index contributed by atoms with van der Waals surface area (Å²) >= 11 is 0. The zero-order valence-corrected chi connectivity index (χ0v) is 18.0. The molecular formula is C22H24FN7O. The zero-order valence-electron chi connectivity index (χ0n) is 18.0. The first-order valence-corrected chi connectivity index (χ1v) is 10.3. The predicted octanol–water partition coefficient (Wildman–Crippen LogP) is 2.30. The molecule has 5 rings (SSSR count). The van der Waals surface area contributed by atoms with Crippen molar-refractivity contribution in [2.24, 2.45) is 0 Å². The van der Waals surface area contributed by atoms with E-state index >= 15 is 0 Å². The highest BCUT2D eigenvalue weighted by Crippen LogP contribution is 2.23. The minimum absolute atomic E-state index is 0.196. The van der Waals surface area contributed by atoms with E-state index in [1.807, 2.05) is 13.0 Å². The van der Waals surface area contributed by atoms with Gasteiger partial charge in [-0.1, -0.05) is 0 Å². The van der Waals surface area contributed by atoms with Gasteiger partial charge in [-0.25, -0.2) is 23.6 Å². The molecule has 0 amide bonds. The number of pyridine rings is 2. The first kappa shape index (κ1) is 19.6. The maximum Gasteiger partial charge on any atom is 0.355 e. The van der Waals surface area contributed by atoms with E-state index in [0.717, 1.165) is 30.9 Å². The van der Waals surface area contributed by atoms with Gasteiger partial charge in [0.15, 0.2) is 17.3 Å². The van der Waals surface area contributed by atoms with Gasteiger partial charge in [-0.15, -0.1) is 0 Å². The summed E-state index contributed by atoms with van der Waals surface area (Å²) in [6.07, 6.45) is 5.22. The third-order valence-electron chi connectivity index (χ3n) is 6.04. The van der Waals surface area contributed by atoms with Crippen molar-refractivity contribution >= 4 is 17.0 Å². The Kier molecular flexibility index (Phi) is 4.51. The summed E-state index contributed by atoms with van der Waals surface area (Å²) in [5, 5.41) is 0. The molecule has 160 valence electrons. The first-order valence-electron chi connectivity index (χ1n) is 10.3. The van der Waals surface area contributed by atoms with Crippen molar-refractivity contribution in [3.8, 4) is 11.4 Å². The molecule has 0 radical (unpaired) electrons. The van der Waals surface area contributed by atoms with Crippen LogP contribution in [0.15, 0.2) is 35.5 Å². The highest BCUT2D eigenvalue weighted by atomic mass is 19.1. The van der Waals surface area contributed by atoms with Gasteiger partial charge in [-0.2, -0.15) is 4.98 Å². The number of imidazole rings is 1. The fourth-order valence-corrected chi connectivity index (χ4v) is 4.15. The summed E-state index contributed by atoms with van der Waals surface area (Å²) in [5.41, 5.74) is 3.30. The highest BCUT2D eigenvalue weighted by molar-refractivity contribution is 5.63. The lowest BCUT2D eigenvalue weighted by Gasteiger charge is -2.39. The minimum Gasteiger partial charge on any atom is -0.367 e. The molecule has 8 nitrogen and oxygen atoms in total. The van der Waals surface area contributed by atoms with Crippen molar-refractivity contribution in [2.75, 3.05) is 31.6 Å². The number of anilines is 1. The largest absolute Gasteiger partial charge is 0.367 e. The van der Waals surface area contributed by atoms with E-state index in [1.54, 1.807) is 29.9 Å². The highest BCUT2D eigenvalue weighted by Gasteiger charge is 2.22. The van der Waals surface area contributed by atoms with Crippen molar-refractivity contribution in [3.63, 3.8) is 0 Å². The molecule has 0 bridgehead atoms. The molecule has 1 aliphatic rings. The Morgan fingerprint density at radius 2 is 1.84 bits per heavy atom. The fraction of sp³-hybridized carbons (Fsp3) is 0.364. The summed E-state index contributed by atoms with van der Waals surface area (Å²) in [5.74, 6) is -0.285. The second-order valence-electron chi connectivity index (χ2n) is 8.37. The summed E-state index contributed by atoms with van der Waals surface area (Å²) in [6, 6.07) is 3.80. The standard InChI is InChI=1S/C22H24FN7O/c1-13-7-17(28-6-5-27(4)15(3)10-28)12-30-20(13)25-19(26-22(30)31)16-8-18(23)21-24-14(2)9-29(21)11-16/h7-9,11-12,15H,5-6,10H2,1-4H3/t15-/m0/s1. The van der Waals surface area contributed by atoms with Gasteiger partial charge in [0.25, 0.3) is 0 Å². The number of piperazine rings is 1. The number of halogens is 1. The Hall–Kier alpha value is -3.33. The number of likely N-dealkylation sites (N-methyl/N-ethyl adjacent to an activating group) is 1. The molecule has 9 heteroatoms. The monoisotopic (exact) mass is 421 g/mol. The van der Waals surface area contributed by atoms with Crippen molar-refractivity contribution < 1.29 is 4.39 Å². The van der Waals surface area contributed by atoms with Crippen LogP contribution < -0.4 is 10.6 Å². The normalized spacial score (nSPS) is 17.7. The lowest BCUT2D eigenvalue weighted by atomic mass is 10.1. The van der Waals surface area contributed by atoms with E-state index < -0.39 is 11.5 Å². The van der Waals surface area contributed by atoms with Crippen LogP contribution in [-0.2, 0) is 0 Å². The van der Waals surface area contributed by atoms with Crippen molar-refractivity contribution in [1.29, 1.82) is 0 Å². The molecule has 0 aliphatic carbocycles. The Morgan fingerprint density at radius 1 is 1.03 bits per heavy atom. The molecular weight excluding hydrogens is 397 g/mol. The molecule has 1 saturated heterocycles. The Labute approximate surface area is 178 Å². The van der Waals surface area contributed by atoms with Gasteiger partial charge in [-0.05, 0) is 45.5 Å². The Morgan fingerprint density at radius 3 is 2.61 bits per heavy atom. The van der Waals surface area contributed by atoms with Gasteiger partial charge < -0.3 is 14.2 Å². The van der Waals surface area contributed by atoms with Crippen LogP contribution in [-0.4, -0.2) is 61.4 Å². The second-order valence-corrected chi connectivity index (χ2v) is 8.37. The quantitative estimate of drug-likeness (QED) is 0.495. The van der Waals surface area contributed by atoms with Crippen LogP contribution >= 0.6 is 0 Å². The van der Waals surface area contributed by atoms with Crippen LogP contribution in [0.3, 0.4) is 0 Å². The lowest BCUT2D eigenvalue weighted by Crippen LogP contribution is -2.50. The van der Waals surface area contributed by atoms with Crippen molar-refractivity contribution in [2.45, 2.75) is 26.8 Å². The van der Waals surface area contributed by atoms with Gasteiger partial charge in [0.05, 0.1) is 11.4 Å². The Bertz CT molecular complexity index is 1380. The molecule has 0 saturated carbocycles. The SMILES string of the molecule is Cc1cn2cc(-c3nc(=O)n4cc(N5CCN(C)[C@@H](C)C5)cc(C)c4n3)cc(F)c2n1. The third-order valence-corrected chi connectivity index (χ3v) is 6.04. The van der Waals surface area contributed by atoms with Crippen molar-refractivity contribution in [3.05, 3.63) is 58.3 Å². The first-order chi connectivity index (χ1) is 14.8. The molecule has 1 aliphatic heterocycles. The van der Waals surface area contributed by atoms with Gasteiger partial charge in [0.1, 0.15) is 5.65 Å². The molecule has 4 aromatic heterocycles. The lowest BCUT2D eigenvalue weighted by molar-refractivity contribution is 0.234. The van der Waals surface area contributed by atoms with Gasteiger partial charge >= 0.3 is 5.69 Å². The van der Waals surface area contributed by atoms with Crippen LogP contribution in [0.4, 0.5) is 10.1 Å². The maximum atomic E-state index is 14.5. The van der Waals surface area contributed by atoms with E-state index in [1.165, 1.54) is 10.5 Å². The van der Waals surface area contributed by atoms with E-state index in [2.05, 4.69) is 38.7 Å². The molecule has 0 aromatic carbocycles. The van der Waals surface area contributed by atoms with E-state index in [-0.39, 0.29) is 11.5 Å². The average molecular weight is 421 g/mol. The topological polar surface area (TPSA) is 71.0 Å². The molecule has 31 heavy (non-hydrogen) atoms. The maximum absolute atomic E-state index is 14.5. The number of rotatable bonds is 2. The Balaban J connectivity index is 1.60. The summed E-state index contributed by atoms with van der Waals surface area (Å²) in [7, 11) is 2.12. The number of fused-ring (bicyclic) bond motifs is 2. The third kappa shape index (κ3) is 3.34. The van der Waals surface area contributed by atoms with Crippen LogP contribution in [0.1, 0.15) is 18.2 Å². The number of aryl methyl sites for hydroxylation is 2. The van der Waals surface area contributed by atoms with Crippen LogP contribution in [0.2, 0.25) is 0 Å². The van der Waals surface area contributed by atoms with Gasteiger partial charge in [-0.3, -0.25) is 0 Å². The zero-order chi connectivity index (χ0) is 21.9.